The van der Waals surface area contributed by atoms with E-state index in [-0.39, 0.29) is 0 Å². The molecule has 0 spiro atoms. The maximum Gasteiger partial charge on any atom is 0.255 e. The average Bonchev–Trinajstić information content (AvgIpc) is 3.35. The molecule has 27 heavy (non-hydrogen) atoms. The zero-order valence-corrected chi connectivity index (χ0v) is 14.9. The van der Waals surface area contributed by atoms with Crippen LogP contribution in [0.15, 0.2) is 41.0 Å². The number of rotatable bonds is 3. The van der Waals surface area contributed by atoms with Crippen LogP contribution in [0.4, 0.5) is 11.5 Å². The smallest absolute Gasteiger partial charge is 0.255 e. The highest BCUT2D eigenvalue weighted by Gasteiger charge is 2.17. The summed E-state index contributed by atoms with van der Waals surface area (Å²) in [6.45, 7) is 5.06. The summed E-state index contributed by atoms with van der Waals surface area (Å²) in [5, 5.41) is 7.99. The normalized spacial score (nSPS) is 13.1. The first-order valence-electron chi connectivity index (χ1n) is 8.63. The summed E-state index contributed by atoms with van der Waals surface area (Å²) in [5.74, 6) is 3.86. The molecule has 4 aromatic rings. The predicted molar refractivity (Wildman–Crippen MR) is 98.7 cm³/mol. The molecule has 8 heteroatoms. The van der Waals surface area contributed by atoms with Crippen LogP contribution in [0, 0.1) is 13.8 Å². The van der Waals surface area contributed by atoms with Gasteiger partial charge in [-0.15, -0.1) is 5.10 Å². The van der Waals surface area contributed by atoms with Crippen molar-refractivity contribution in [2.24, 2.45) is 0 Å². The number of hydrogen-bond donors (Lipinski definition) is 1. The fourth-order valence-corrected chi connectivity index (χ4v) is 3.01. The fraction of sp³-hybridized carbons (Fsp3) is 0.211. The second kappa shape index (κ2) is 6.01. The minimum absolute atomic E-state index is 0.489. The van der Waals surface area contributed by atoms with Gasteiger partial charge in [-0.1, -0.05) is 0 Å². The fourth-order valence-electron chi connectivity index (χ4n) is 3.01. The minimum Gasteiger partial charge on any atom is -0.486 e. The van der Waals surface area contributed by atoms with Crippen molar-refractivity contribution < 1.29 is 13.9 Å². The van der Waals surface area contributed by atoms with Gasteiger partial charge >= 0.3 is 0 Å². The lowest BCUT2D eigenvalue weighted by molar-refractivity contribution is 0.171. The first-order valence-corrected chi connectivity index (χ1v) is 8.63. The zero-order chi connectivity index (χ0) is 18.4. The Hall–Kier alpha value is -3.55. The summed E-state index contributed by atoms with van der Waals surface area (Å²) in [6, 6.07) is 9.38. The van der Waals surface area contributed by atoms with Gasteiger partial charge in [-0.2, -0.15) is 9.50 Å². The Bertz CT molecular complexity index is 1130. The van der Waals surface area contributed by atoms with Crippen LogP contribution in [-0.4, -0.2) is 32.8 Å². The molecule has 0 saturated heterocycles. The van der Waals surface area contributed by atoms with Crippen LogP contribution in [0.5, 0.6) is 11.5 Å². The van der Waals surface area contributed by atoms with Crippen molar-refractivity contribution in [3.63, 3.8) is 0 Å². The third-order valence-corrected chi connectivity index (χ3v) is 4.51. The predicted octanol–water partition coefficient (Wildman–Crippen LogP) is 3.52. The molecule has 0 saturated carbocycles. The standard InChI is InChI=1S/C19H17N5O3/c1-11-12(2)20-19-22-17(15-4-3-7-25-15)23-24(19)18(11)21-13-5-6-14-16(10-13)27-9-8-26-14/h3-7,10,21H,8-9H2,1-2H3. The van der Waals surface area contributed by atoms with E-state index in [1.165, 1.54) is 0 Å². The van der Waals surface area contributed by atoms with Gasteiger partial charge in [-0.05, 0) is 38.1 Å². The number of ether oxygens (including phenoxy) is 2. The van der Waals surface area contributed by atoms with Crippen molar-refractivity contribution in [2.45, 2.75) is 13.8 Å². The quantitative estimate of drug-likeness (QED) is 0.596. The van der Waals surface area contributed by atoms with Crippen LogP contribution in [0.3, 0.4) is 0 Å². The summed E-state index contributed by atoms with van der Waals surface area (Å²) in [7, 11) is 0. The minimum atomic E-state index is 0.489. The molecule has 1 aromatic carbocycles. The Kier molecular flexibility index (Phi) is 3.49. The topological polar surface area (TPSA) is 86.7 Å². The number of benzene rings is 1. The van der Waals surface area contributed by atoms with Crippen molar-refractivity contribution in [3.8, 4) is 23.1 Å². The Morgan fingerprint density at radius 3 is 2.70 bits per heavy atom. The van der Waals surface area contributed by atoms with Crippen LogP contribution >= 0.6 is 0 Å². The number of aromatic nitrogens is 4. The van der Waals surface area contributed by atoms with Crippen molar-refractivity contribution in [3.05, 3.63) is 47.9 Å². The number of nitrogens with one attached hydrogen (secondary N) is 1. The maximum atomic E-state index is 5.67. The summed E-state index contributed by atoms with van der Waals surface area (Å²) in [5.41, 5.74) is 2.72. The molecule has 0 aliphatic carbocycles. The van der Waals surface area contributed by atoms with Gasteiger partial charge in [-0.25, -0.2) is 4.98 Å². The molecule has 0 radical (unpaired) electrons. The molecule has 0 unspecified atom stereocenters. The van der Waals surface area contributed by atoms with Gasteiger partial charge in [0.2, 0.25) is 5.82 Å². The average molecular weight is 363 g/mol. The molecule has 1 N–H and O–H groups in total. The maximum absolute atomic E-state index is 5.67. The van der Waals surface area contributed by atoms with Crippen LogP contribution in [-0.2, 0) is 0 Å². The Morgan fingerprint density at radius 1 is 1.04 bits per heavy atom. The first-order chi connectivity index (χ1) is 13.2. The van der Waals surface area contributed by atoms with Crippen molar-refractivity contribution >= 4 is 17.3 Å². The van der Waals surface area contributed by atoms with Crippen molar-refractivity contribution in [1.82, 2.24) is 19.6 Å². The van der Waals surface area contributed by atoms with E-state index in [0.717, 1.165) is 34.3 Å². The van der Waals surface area contributed by atoms with Crippen LogP contribution in [0.2, 0.25) is 0 Å². The lowest BCUT2D eigenvalue weighted by Gasteiger charge is -2.19. The third kappa shape index (κ3) is 2.66. The molecular formula is C19H17N5O3. The summed E-state index contributed by atoms with van der Waals surface area (Å²) in [4.78, 5) is 9.03. The number of nitrogens with zero attached hydrogens (tertiary/aromatic N) is 4. The van der Waals surface area contributed by atoms with Crippen molar-refractivity contribution in [2.75, 3.05) is 18.5 Å². The number of hydrogen-bond acceptors (Lipinski definition) is 7. The molecule has 3 aromatic heterocycles. The van der Waals surface area contributed by atoms with E-state index < -0.39 is 0 Å². The molecule has 1 aliphatic rings. The highest BCUT2D eigenvalue weighted by Crippen LogP contribution is 2.34. The van der Waals surface area contributed by atoms with Crippen molar-refractivity contribution in [1.29, 1.82) is 0 Å². The van der Waals surface area contributed by atoms with E-state index >= 15 is 0 Å². The monoisotopic (exact) mass is 363 g/mol. The Labute approximate surface area is 154 Å². The van der Waals surface area contributed by atoms with Gasteiger partial charge in [0.1, 0.15) is 19.0 Å². The number of fused-ring (bicyclic) bond motifs is 2. The summed E-state index contributed by atoms with van der Waals surface area (Å²) >= 11 is 0. The van der Waals surface area contributed by atoms with E-state index in [9.17, 15) is 0 Å². The van der Waals surface area contributed by atoms with Crippen LogP contribution < -0.4 is 14.8 Å². The van der Waals surface area contributed by atoms with E-state index in [1.807, 2.05) is 38.1 Å². The molecular weight excluding hydrogens is 346 g/mol. The first kappa shape index (κ1) is 15.7. The third-order valence-electron chi connectivity index (χ3n) is 4.51. The Morgan fingerprint density at radius 2 is 1.89 bits per heavy atom. The van der Waals surface area contributed by atoms with Crippen LogP contribution in [0.1, 0.15) is 11.3 Å². The highest BCUT2D eigenvalue weighted by atomic mass is 16.6. The number of anilines is 2. The summed E-state index contributed by atoms with van der Waals surface area (Å²) < 4.78 is 18.4. The van der Waals surface area contributed by atoms with Gasteiger partial charge < -0.3 is 19.2 Å². The molecule has 136 valence electrons. The molecule has 4 heterocycles. The lowest BCUT2D eigenvalue weighted by Crippen LogP contribution is -2.15. The lowest BCUT2D eigenvalue weighted by atomic mass is 10.2. The molecule has 0 bridgehead atoms. The molecule has 0 amide bonds. The largest absolute Gasteiger partial charge is 0.486 e. The van der Waals surface area contributed by atoms with Crippen LogP contribution in [0.25, 0.3) is 17.4 Å². The second-order valence-electron chi connectivity index (χ2n) is 6.28. The Balaban J connectivity index is 1.60. The second-order valence-corrected chi connectivity index (χ2v) is 6.28. The molecule has 0 atom stereocenters. The van der Waals surface area contributed by atoms with Gasteiger partial charge in [0.05, 0.1) is 6.26 Å². The van der Waals surface area contributed by atoms with Gasteiger partial charge in [-0.3, -0.25) is 0 Å². The zero-order valence-electron chi connectivity index (χ0n) is 14.9. The number of aryl methyl sites for hydroxylation is 1. The van der Waals surface area contributed by atoms with Gasteiger partial charge in [0, 0.05) is 23.0 Å². The van der Waals surface area contributed by atoms with E-state index in [0.29, 0.717) is 30.6 Å². The van der Waals surface area contributed by atoms with E-state index in [1.54, 1.807) is 16.8 Å². The van der Waals surface area contributed by atoms with Gasteiger partial charge in [0.15, 0.2) is 17.3 Å². The van der Waals surface area contributed by atoms with Gasteiger partial charge in [0.25, 0.3) is 5.78 Å². The summed E-state index contributed by atoms with van der Waals surface area (Å²) in [6.07, 6.45) is 1.60. The molecule has 1 aliphatic heterocycles. The SMILES string of the molecule is Cc1nc2nc(-c3ccco3)nn2c(Nc2ccc3c(c2)OCCO3)c1C. The molecule has 0 fully saturated rings. The highest BCUT2D eigenvalue weighted by molar-refractivity contribution is 5.66. The van der Waals surface area contributed by atoms with E-state index in [4.69, 9.17) is 13.9 Å². The van der Waals surface area contributed by atoms with E-state index in [2.05, 4.69) is 20.4 Å². The molecule has 5 rings (SSSR count). The molecule has 8 nitrogen and oxygen atoms in total. The number of furan rings is 1.